The van der Waals surface area contributed by atoms with Gasteiger partial charge in [-0.3, -0.25) is 4.79 Å². The molecule has 1 aromatic heterocycles. The SMILES string of the molecule is O=C(O[C@H](Cn1nnc2ccccc21)C(=O)c1ccc(Br)cc1)c1ccccc1. The zero-order chi connectivity index (χ0) is 20.2. The number of benzene rings is 3. The van der Waals surface area contributed by atoms with E-state index in [2.05, 4.69) is 26.2 Å². The zero-order valence-corrected chi connectivity index (χ0v) is 16.8. The number of rotatable bonds is 6. The van der Waals surface area contributed by atoms with E-state index in [0.29, 0.717) is 16.6 Å². The highest BCUT2D eigenvalue weighted by atomic mass is 79.9. The summed E-state index contributed by atoms with van der Waals surface area (Å²) < 4.78 is 8.05. The van der Waals surface area contributed by atoms with Crippen LogP contribution in [-0.4, -0.2) is 32.9 Å². The summed E-state index contributed by atoms with van der Waals surface area (Å²) in [6.07, 6.45) is -1.05. The normalized spacial score (nSPS) is 11.9. The molecule has 3 aromatic carbocycles. The van der Waals surface area contributed by atoms with Gasteiger partial charge in [0.2, 0.25) is 5.78 Å². The Morgan fingerprint density at radius 2 is 1.59 bits per heavy atom. The van der Waals surface area contributed by atoms with Gasteiger partial charge in [-0.1, -0.05) is 63.6 Å². The van der Waals surface area contributed by atoms with Gasteiger partial charge >= 0.3 is 5.97 Å². The summed E-state index contributed by atoms with van der Waals surface area (Å²) >= 11 is 3.36. The highest BCUT2D eigenvalue weighted by Gasteiger charge is 2.26. The van der Waals surface area contributed by atoms with Crippen LogP contribution in [0.15, 0.2) is 83.3 Å². The van der Waals surface area contributed by atoms with E-state index in [1.54, 1.807) is 53.2 Å². The summed E-state index contributed by atoms with van der Waals surface area (Å²) in [5.41, 5.74) is 2.29. The van der Waals surface area contributed by atoms with Gasteiger partial charge in [0.15, 0.2) is 6.10 Å². The average molecular weight is 450 g/mol. The molecular formula is C22H16BrN3O3. The topological polar surface area (TPSA) is 74.1 Å². The molecule has 0 N–H and O–H groups in total. The number of ketones is 1. The molecule has 0 amide bonds. The van der Waals surface area contributed by atoms with Gasteiger partial charge in [-0.2, -0.15) is 0 Å². The molecular weight excluding hydrogens is 434 g/mol. The molecule has 0 bridgehead atoms. The molecule has 4 rings (SSSR count). The van der Waals surface area contributed by atoms with E-state index in [9.17, 15) is 9.59 Å². The predicted molar refractivity (Wildman–Crippen MR) is 112 cm³/mol. The number of halogens is 1. The van der Waals surface area contributed by atoms with E-state index in [-0.39, 0.29) is 12.3 Å². The third-order valence-corrected chi connectivity index (χ3v) is 4.97. The summed E-state index contributed by atoms with van der Waals surface area (Å²) in [6, 6.07) is 22.9. The first kappa shape index (κ1) is 19.0. The Balaban J connectivity index is 1.65. The fourth-order valence-electron chi connectivity index (χ4n) is 2.95. The first-order valence-corrected chi connectivity index (χ1v) is 9.75. The van der Waals surface area contributed by atoms with E-state index in [1.807, 2.05) is 30.3 Å². The lowest BCUT2D eigenvalue weighted by Crippen LogP contribution is -2.32. The first-order chi connectivity index (χ1) is 14.1. The first-order valence-electron chi connectivity index (χ1n) is 8.96. The molecule has 144 valence electrons. The molecule has 0 spiro atoms. The van der Waals surface area contributed by atoms with E-state index < -0.39 is 12.1 Å². The van der Waals surface area contributed by atoms with Crippen molar-refractivity contribution in [3.63, 3.8) is 0 Å². The highest BCUT2D eigenvalue weighted by Crippen LogP contribution is 2.17. The number of aromatic nitrogens is 3. The highest BCUT2D eigenvalue weighted by molar-refractivity contribution is 9.10. The summed E-state index contributed by atoms with van der Waals surface area (Å²) in [7, 11) is 0. The second-order valence-electron chi connectivity index (χ2n) is 6.39. The lowest BCUT2D eigenvalue weighted by Gasteiger charge is -2.17. The molecule has 0 radical (unpaired) electrons. The van der Waals surface area contributed by atoms with Crippen LogP contribution in [0, 0.1) is 0 Å². The van der Waals surface area contributed by atoms with E-state index in [4.69, 9.17) is 4.74 Å². The average Bonchev–Trinajstić information content (AvgIpc) is 3.17. The van der Waals surface area contributed by atoms with Crippen molar-refractivity contribution in [3.8, 4) is 0 Å². The molecule has 0 unspecified atom stereocenters. The number of Topliss-reactive ketones (excluding diaryl/α,β-unsaturated/α-hetero) is 1. The Morgan fingerprint density at radius 3 is 2.34 bits per heavy atom. The van der Waals surface area contributed by atoms with Crippen molar-refractivity contribution in [1.82, 2.24) is 15.0 Å². The number of ether oxygens (including phenoxy) is 1. The fraction of sp³-hybridized carbons (Fsp3) is 0.0909. The molecule has 0 aliphatic heterocycles. The molecule has 7 heteroatoms. The third-order valence-electron chi connectivity index (χ3n) is 4.44. The van der Waals surface area contributed by atoms with Gasteiger partial charge in [0.1, 0.15) is 5.52 Å². The van der Waals surface area contributed by atoms with Crippen LogP contribution >= 0.6 is 15.9 Å². The molecule has 0 aliphatic rings. The maximum atomic E-state index is 13.1. The summed E-state index contributed by atoms with van der Waals surface area (Å²) in [5, 5.41) is 8.23. The Bertz CT molecular complexity index is 1160. The largest absolute Gasteiger partial charge is 0.448 e. The number of nitrogens with zero attached hydrogens (tertiary/aromatic N) is 3. The second-order valence-corrected chi connectivity index (χ2v) is 7.31. The van der Waals surface area contributed by atoms with Crippen LogP contribution in [-0.2, 0) is 11.3 Å². The van der Waals surface area contributed by atoms with Gasteiger partial charge in [0.05, 0.1) is 17.6 Å². The predicted octanol–water partition coefficient (Wildman–Crippen LogP) is 4.30. The van der Waals surface area contributed by atoms with Gasteiger partial charge in [-0.25, -0.2) is 9.48 Å². The Labute approximate surface area is 175 Å². The number of carbonyl (C=O) groups is 2. The van der Waals surface area contributed by atoms with E-state index >= 15 is 0 Å². The zero-order valence-electron chi connectivity index (χ0n) is 15.2. The van der Waals surface area contributed by atoms with Crippen LogP contribution in [0.2, 0.25) is 0 Å². The fourth-order valence-corrected chi connectivity index (χ4v) is 3.22. The second kappa shape index (κ2) is 8.36. The quantitative estimate of drug-likeness (QED) is 0.324. The van der Waals surface area contributed by atoms with Crippen molar-refractivity contribution in [2.75, 3.05) is 0 Å². The Hall–Kier alpha value is -3.32. The molecule has 29 heavy (non-hydrogen) atoms. The summed E-state index contributed by atoms with van der Waals surface area (Å²) in [4.78, 5) is 25.7. The van der Waals surface area contributed by atoms with Crippen molar-refractivity contribution in [2.45, 2.75) is 12.6 Å². The van der Waals surface area contributed by atoms with Crippen molar-refractivity contribution < 1.29 is 14.3 Å². The lowest BCUT2D eigenvalue weighted by atomic mass is 10.1. The van der Waals surface area contributed by atoms with Crippen molar-refractivity contribution >= 4 is 38.7 Å². The van der Waals surface area contributed by atoms with Crippen molar-refractivity contribution in [1.29, 1.82) is 0 Å². The van der Waals surface area contributed by atoms with Crippen LogP contribution in [0.25, 0.3) is 11.0 Å². The maximum absolute atomic E-state index is 13.1. The Morgan fingerprint density at radius 1 is 0.897 bits per heavy atom. The van der Waals surface area contributed by atoms with Gasteiger partial charge in [-0.05, 0) is 36.4 Å². The van der Waals surface area contributed by atoms with Gasteiger partial charge in [0, 0.05) is 10.0 Å². The summed E-state index contributed by atoms with van der Waals surface area (Å²) in [6.45, 7) is 0.0635. The van der Waals surface area contributed by atoms with Crippen molar-refractivity contribution in [2.24, 2.45) is 0 Å². The minimum absolute atomic E-state index is 0.0635. The number of para-hydroxylation sites is 1. The molecule has 0 saturated heterocycles. The number of esters is 1. The van der Waals surface area contributed by atoms with Crippen LogP contribution in [0.5, 0.6) is 0 Å². The Kier molecular flexibility index (Phi) is 5.48. The number of carbonyl (C=O) groups excluding carboxylic acids is 2. The molecule has 6 nitrogen and oxygen atoms in total. The van der Waals surface area contributed by atoms with Gasteiger partial charge in [-0.15, -0.1) is 5.10 Å². The van der Waals surface area contributed by atoms with Gasteiger partial charge in [0.25, 0.3) is 0 Å². The van der Waals surface area contributed by atoms with Crippen molar-refractivity contribution in [3.05, 3.63) is 94.5 Å². The molecule has 0 aliphatic carbocycles. The van der Waals surface area contributed by atoms with E-state index in [0.717, 1.165) is 9.99 Å². The minimum atomic E-state index is -1.05. The number of hydrogen-bond donors (Lipinski definition) is 0. The van der Waals surface area contributed by atoms with Crippen LogP contribution in [0.4, 0.5) is 0 Å². The van der Waals surface area contributed by atoms with Gasteiger partial charge < -0.3 is 4.74 Å². The van der Waals surface area contributed by atoms with Crippen LogP contribution in [0.1, 0.15) is 20.7 Å². The standard InChI is InChI=1S/C22H16BrN3O3/c23-17-12-10-15(11-13-17)21(27)20(29-22(28)16-6-2-1-3-7-16)14-26-19-9-5-4-8-18(19)24-25-26/h1-13,20H,14H2/t20-/m1/s1. The molecule has 0 saturated carbocycles. The number of fused-ring (bicyclic) bond motifs is 1. The maximum Gasteiger partial charge on any atom is 0.338 e. The van der Waals surface area contributed by atoms with E-state index in [1.165, 1.54) is 0 Å². The number of hydrogen-bond acceptors (Lipinski definition) is 5. The van der Waals surface area contributed by atoms with Crippen LogP contribution in [0.3, 0.4) is 0 Å². The molecule has 1 atom stereocenters. The monoisotopic (exact) mass is 449 g/mol. The molecule has 0 fully saturated rings. The summed E-state index contributed by atoms with van der Waals surface area (Å²) in [5.74, 6) is -0.869. The minimum Gasteiger partial charge on any atom is -0.448 e. The smallest absolute Gasteiger partial charge is 0.338 e. The third kappa shape index (κ3) is 4.25. The lowest BCUT2D eigenvalue weighted by molar-refractivity contribution is 0.0245. The van der Waals surface area contributed by atoms with Crippen LogP contribution < -0.4 is 0 Å². The molecule has 4 aromatic rings. The molecule has 1 heterocycles.